The van der Waals surface area contributed by atoms with E-state index in [0.29, 0.717) is 53.0 Å². The summed E-state index contributed by atoms with van der Waals surface area (Å²) >= 11 is 0. The molecule has 2 bridgehead atoms. The molecule has 3 aliphatic heterocycles. The van der Waals surface area contributed by atoms with Crippen LogP contribution in [0, 0.1) is 29.6 Å². The fourth-order valence-corrected chi connectivity index (χ4v) is 18.8. The van der Waals surface area contributed by atoms with Crippen molar-refractivity contribution in [2.75, 3.05) is 26.9 Å². The first-order valence-corrected chi connectivity index (χ1v) is 32.3. The molecular formula is C75H82O11. The highest BCUT2D eigenvalue weighted by molar-refractivity contribution is 5.90. The maximum Gasteiger partial charge on any atom is 0.340 e. The molecule has 1 aromatic heterocycles. The Balaban J connectivity index is 0.910. The predicted octanol–water partition coefficient (Wildman–Crippen LogP) is 13.7. The fraction of sp³-hybridized carbons (Fsp3) is 0.480. The van der Waals surface area contributed by atoms with E-state index in [0.717, 1.165) is 56.9 Å². The third-order valence-corrected chi connectivity index (χ3v) is 22.8. The Kier molecular flexibility index (Phi) is 15.6. The molecule has 4 saturated carbocycles. The number of esters is 2. The molecule has 0 radical (unpaired) electrons. The molecule has 11 heteroatoms. The summed E-state index contributed by atoms with van der Waals surface area (Å²) in [6.45, 7) is 0.741. The van der Waals surface area contributed by atoms with Crippen LogP contribution in [0.1, 0.15) is 194 Å². The minimum absolute atomic E-state index is 0.0253. The molecule has 6 aliphatic carbocycles. The summed E-state index contributed by atoms with van der Waals surface area (Å²) in [5, 5.41) is 32.8. The van der Waals surface area contributed by atoms with Crippen LogP contribution >= 0.6 is 0 Å². The lowest BCUT2D eigenvalue weighted by Gasteiger charge is -2.53. The smallest absolute Gasteiger partial charge is 0.340 e. The van der Waals surface area contributed by atoms with Gasteiger partial charge in [-0.1, -0.05) is 122 Å². The maximum absolute atomic E-state index is 16.0. The molecule has 448 valence electrons. The van der Waals surface area contributed by atoms with E-state index in [1.54, 1.807) is 13.0 Å². The zero-order valence-electron chi connectivity index (χ0n) is 49.9. The first-order valence-electron chi connectivity index (χ1n) is 32.3. The van der Waals surface area contributed by atoms with Crippen molar-refractivity contribution in [2.45, 2.75) is 170 Å². The standard InChI is InChI=1S/C75H82O11/c1-44(41-77)55-28-21-45-19-22-47(23-20-45)56-29-26-50(49-13-9-15-54(38-49)74-34-8-7-14-53(74)27-24-48-12-4-6-18-63(48)74)37-52(56)39-66(79)83-70-68-65(32-31-60-62(42-78)67(73(81)84-69(60)68)51(33-36-76)43-82-2)86-75(71(70)85-72(55)80)35-10-17-59-58-30-25-46-11-3-5-16-57(46)61(58)40-64(59)75/h3-6,9,11-13,15-16,18-20,22-23,25,30-32,38,50-53,56,58-59,61,64,70-71,76-78H,7-8,10,14,17,21,24,26-29,33-37,39-43H2,1-2H3. The number of hydrogen-bond acceptors (Lipinski definition) is 11. The van der Waals surface area contributed by atoms with Crippen molar-refractivity contribution in [1.82, 2.24) is 0 Å². The van der Waals surface area contributed by atoms with Crippen LogP contribution in [-0.2, 0) is 48.7 Å². The molecule has 4 fully saturated rings. The number of ether oxygens (including phenoxy) is 4. The molecule has 86 heavy (non-hydrogen) atoms. The largest absolute Gasteiger partial charge is 0.482 e. The second kappa shape index (κ2) is 23.5. The van der Waals surface area contributed by atoms with Crippen LogP contribution in [0.3, 0.4) is 0 Å². The molecule has 13 atom stereocenters. The van der Waals surface area contributed by atoms with Crippen LogP contribution in [-0.4, -0.2) is 65.9 Å². The molecule has 6 aromatic rings. The molecule has 0 saturated heterocycles. The quantitative estimate of drug-likeness (QED) is 0.0718. The van der Waals surface area contributed by atoms with Gasteiger partial charge in [0.25, 0.3) is 0 Å². The second-order valence-electron chi connectivity index (χ2n) is 26.8. The number of fused-ring (bicyclic) bond motifs is 20. The topological polar surface area (TPSA) is 162 Å². The summed E-state index contributed by atoms with van der Waals surface area (Å²) in [6.07, 6.45) is 15.9. The lowest BCUT2D eigenvalue weighted by molar-refractivity contribution is -0.212. The summed E-state index contributed by atoms with van der Waals surface area (Å²) in [6, 6.07) is 39.6. The highest BCUT2D eigenvalue weighted by atomic mass is 16.6. The Morgan fingerprint density at radius 1 is 0.779 bits per heavy atom. The number of aliphatic hydroxyl groups is 3. The summed E-state index contributed by atoms with van der Waals surface area (Å²) in [5.41, 5.74) is 10.2. The van der Waals surface area contributed by atoms with E-state index < -0.39 is 47.9 Å². The van der Waals surface area contributed by atoms with Gasteiger partial charge < -0.3 is 38.7 Å². The van der Waals surface area contributed by atoms with Crippen molar-refractivity contribution in [3.8, 4) is 5.75 Å². The van der Waals surface area contributed by atoms with Gasteiger partial charge in [0.05, 0.1) is 25.4 Å². The van der Waals surface area contributed by atoms with Crippen LogP contribution in [0.15, 0.2) is 136 Å². The summed E-state index contributed by atoms with van der Waals surface area (Å²) in [4.78, 5) is 46.3. The van der Waals surface area contributed by atoms with Crippen molar-refractivity contribution >= 4 is 29.0 Å². The number of aliphatic hydroxyl groups excluding tert-OH is 3. The van der Waals surface area contributed by atoms with E-state index in [4.69, 9.17) is 23.4 Å². The lowest BCUT2D eigenvalue weighted by Crippen LogP contribution is -2.62. The van der Waals surface area contributed by atoms with Gasteiger partial charge in [-0.2, -0.15) is 0 Å². The van der Waals surface area contributed by atoms with Gasteiger partial charge in [-0.05, 0) is 206 Å². The number of benzene rings is 5. The van der Waals surface area contributed by atoms with Gasteiger partial charge in [0, 0.05) is 53.9 Å². The molecule has 3 N–H and O–H groups in total. The molecule has 13 unspecified atom stereocenters. The van der Waals surface area contributed by atoms with Gasteiger partial charge >= 0.3 is 17.6 Å². The van der Waals surface area contributed by atoms with Crippen molar-refractivity contribution < 1.29 is 48.3 Å². The Morgan fingerprint density at radius 3 is 2.47 bits per heavy atom. The predicted molar refractivity (Wildman–Crippen MR) is 330 cm³/mol. The molecule has 0 amide bonds. The summed E-state index contributed by atoms with van der Waals surface area (Å²) in [7, 11) is 1.53. The Morgan fingerprint density at radius 2 is 1.63 bits per heavy atom. The van der Waals surface area contributed by atoms with Crippen molar-refractivity contribution in [3.05, 3.63) is 198 Å². The summed E-state index contributed by atoms with van der Waals surface area (Å²) in [5.74, 6) is -0.284. The Bertz CT molecular complexity index is 3680. The molecule has 5 aromatic carbocycles. The molecule has 1 spiro atoms. The minimum Gasteiger partial charge on any atom is -0.482 e. The van der Waals surface area contributed by atoms with Crippen LogP contribution in [0.4, 0.5) is 0 Å². The van der Waals surface area contributed by atoms with E-state index in [1.165, 1.54) is 71.7 Å². The lowest BCUT2D eigenvalue weighted by atomic mass is 9.54. The first-order chi connectivity index (χ1) is 42.0. The number of carbonyl (C=O) groups excluding carboxylic acids is 2. The number of aryl methyl sites for hydroxylation is 2. The second-order valence-corrected chi connectivity index (χ2v) is 26.8. The third-order valence-electron chi connectivity index (χ3n) is 22.8. The Hall–Kier alpha value is -6.63. The highest BCUT2D eigenvalue weighted by Gasteiger charge is 2.65. The highest BCUT2D eigenvalue weighted by Crippen LogP contribution is 2.64. The van der Waals surface area contributed by atoms with E-state index in [-0.39, 0.29) is 96.2 Å². The molecular weight excluding hydrogens is 1080 g/mol. The number of allylic oxidation sites excluding steroid dienone is 1. The van der Waals surface area contributed by atoms with Gasteiger partial charge in [0.2, 0.25) is 0 Å². The van der Waals surface area contributed by atoms with Crippen molar-refractivity contribution in [1.29, 1.82) is 0 Å². The van der Waals surface area contributed by atoms with Crippen LogP contribution in [0.5, 0.6) is 5.75 Å². The molecule has 4 heterocycles. The minimum atomic E-state index is -1.33. The normalized spacial score (nSPS) is 31.1. The van der Waals surface area contributed by atoms with Gasteiger partial charge in [-0.15, -0.1) is 0 Å². The van der Waals surface area contributed by atoms with E-state index >= 15 is 9.59 Å². The average Bonchev–Trinajstić information content (AvgIpc) is 1.32. The fourth-order valence-electron chi connectivity index (χ4n) is 18.8. The van der Waals surface area contributed by atoms with Gasteiger partial charge in [0.15, 0.2) is 17.8 Å². The van der Waals surface area contributed by atoms with Crippen LogP contribution in [0.25, 0.3) is 17.0 Å². The van der Waals surface area contributed by atoms with E-state index in [2.05, 4.69) is 109 Å². The van der Waals surface area contributed by atoms with Crippen LogP contribution in [0.2, 0.25) is 0 Å². The monoisotopic (exact) mass is 1160 g/mol. The Labute approximate surface area is 504 Å². The number of hydrogen-bond donors (Lipinski definition) is 3. The van der Waals surface area contributed by atoms with E-state index in [9.17, 15) is 20.1 Å². The molecule has 15 rings (SSSR count). The average molecular weight is 1160 g/mol. The van der Waals surface area contributed by atoms with E-state index in [1.807, 2.05) is 6.07 Å². The number of carbonyl (C=O) groups is 2. The zero-order chi connectivity index (χ0) is 58.8. The van der Waals surface area contributed by atoms with Crippen molar-refractivity contribution in [2.24, 2.45) is 29.6 Å². The van der Waals surface area contributed by atoms with Gasteiger partial charge in [-0.25, -0.2) is 9.59 Å². The number of rotatable bonds is 9. The molecule has 9 aliphatic rings. The zero-order valence-corrected chi connectivity index (χ0v) is 49.9. The van der Waals surface area contributed by atoms with Crippen LogP contribution < -0.4 is 10.4 Å². The SMILES string of the molecule is COCC(CCO)c1c(CO)c2ccc3c(c2oc1=O)C1OC(=O)CC2CC(c4cccc(C56CCCCC5CCc5ccccc56)c4)CCC2c2ccc(cc2)CCC(=C(C)CO)C(=O)OC1C1(CCCC2C4C=Cc5ccccc5C4CC21)O3. The third kappa shape index (κ3) is 9.64. The maximum atomic E-state index is 16.0. The first kappa shape index (κ1) is 57.1. The van der Waals surface area contributed by atoms with Crippen molar-refractivity contribution in [3.63, 3.8) is 0 Å². The molecule has 11 nitrogen and oxygen atoms in total. The van der Waals surface area contributed by atoms with Gasteiger partial charge in [0.1, 0.15) is 11.3 Å². The van der Waals surface area contributed by atoms with Gasteiger partial charge in [-0.3, -0.25) is 4.79 Å². The summed E-state index contributed by atoms with van der Waals surface area (Å²) < 4.78 is 34.1. The number of methoxy groups -OCH3 is 1.